The maximum Gasteiger partial charge on any atom is 0.229 e. The lowest BCUT2D eigenvalue weighted by atomic mass is 10.2. The molecule has 0 fully saturated rings. The second-order valence-corrected chi connectivity index (χ2v) is 10.9. The quantitative estimate of drug-likeness (QED) is 0.277. The number of aromatic nitrogens is 2. The summed E-state index contributed by atoms with van der Waals surface area (Å²) in [5, 5.41) is 0.502. The first-order valence-electron chi connectivity index (χ1n) is 11.1. The average molecular weight is 514 g/mol. The van der Waals surface area contributed by atoms with Crippen molar-refractivity contribution in [1.29, 1.82) is 0 Å². The summed E-state index contributed by atoms with van der Waals surface area (Å²) >= 11 is 1.37. The zero-order valence-corrected chi connectivity index (χ0v) is 20.7. The van der Waals surface area contributed by atoms with E-state index < -0.39 is 15.7 Å². The number of ether oxygens (including phenoxy) is 1. The van der Waals surface area contributed by atoms with Gasteiger partial charge >= 0.3 is 0 Å². The van der Waals surface area contributed by atoms with Crippen molar-refractivity contribution in [2.24, 2.45) is 0 Å². The van der Waals surface area contributed by atoms with E-state index >= 15 is 0 Å². The third-order valence-electron chi connectivity index (χ3n) is 5.24. The first-order valence-corrected chi connectivity index (χ1v) is 13.5. The first-order chi connectivity index (χ1) is 16.9. The summed E-state index contributed by atoms with van der Waals surface area (Å²) in [6, 6.07) is 14.0. The molecule has 0 atom stereocenters. The van der Waals surface area contributed by atoms with Crippen LogP contribution in [0.3, 0.4) is 0 Å². The lowest BCUT2D eigenvalue weighted by Crippen LogP contribution is -2.30. The van der Waals surface area contributed by atoms with Gasteiger partial charge in [-0.25, -0.2) is 17.8 Å². The number of thiazole rings is 1. The molecule has 35 heavy (non-hydrogen) atoms. The number of rotatable bonds is 10. The van der Waals surface area contributed by atoms with Gasteiger partial charge < -0.3 is 4.74 Å². The van der Waals surface area contributed by atoms with Crippen LogP contribution in [0.4, 0.5) is 9.52 Å². The minimum Gasteiger partial charge on any atom is -0.492 e. The molecule has 0 bridgehead atoms. The summed E-state index contributed by atoms with van der Waals surface area (Å²) in [5.41, 5.74) is 1.50. The predicted octanol–water partition coefficient (Wildman–Crippen LogP) is 5.02. The highest BCUT2D eigenvalue weighted by Crippen LogP contribution is 2.35. The molecular formula is C25H24FN3O4S2. The number of carbonyl (C=O) groups is 1. The van der Waals surface area contributed by atoms with Gasteiger partial charge in [-0.1, -0.05) is 23.5 Å². The summed E-state index contributed by atoms with van der Waals surface area (Å²) < 4.78 is 44.9. The number of para-hydroxylation sites is 1. The number of anilines is 1. The Morgan fingerprint density at radius 2 is 1.91 bits per heavy atom. The number of fused-ring (bicyclic) bond motifs is 1. The van der Waals surface area contributed by atoms with E-state index in [0.717, 1.165) is 22.4 Å². The van der Waals surface area contributed by atoms with Crippen molar-refractivity contribution in [2.75, 3.05) is 17.3 Å². The van der Waals surface area contributed by atoms with Gasteiger partial charge in [0.25, 0.3) is 0 Å². The molecule has 0 aliphatic carbocycles. The van der Waals surface area contributed by atoms with E-state index in [1.54, 1.807) is 23.4 Å². The van der Waals surface area contributed by atoms with E-state index in [1.807, 2.05) is 31.2 Å². The van der Waals surface area contributed by atoms with Crippen molar-refractivity contribution in [1.82, 2.24) is 9.97 Å². The Kier molecular flexibility index (Phi) is 7.72. The number of sulfone groups is 1. The highest BCUT2D eigenvalue weighted by molar-refractivity contribution is 7.91. The van der Waals surface area contributed by atoms with E-state index in [0.29, 0.717) is 23.0 Å². The van der Waals surface area contributed by atoms with Gasteiger partial charge in [0.15, 0.2) is 15.0 Å². The number of hydrogen-bond donors (Lipinski definition) is 0. The molecule has 2 aromatic heterocycles. The summed E-state index contributed by atoms with van der Waals surface area (Å²) in [7, 11) is -3.63. The SMILES string of the molecule is CCOc1cccc2sc(N(Cc3cccnc3)C(=O)CCCS(=O)(=O)c3ccc(F)cc3)nc12. The summed E-state index contributed by atoms with van der Waals surface area (Å²) in [4.78, 5) is 23.7. The Morgan fingerprint density at radius 3 is 2.63 bits per heavy atom. The van der Waals surface area contributed by atoms with Gasteiger partial charge in [0.1, 0.15) is 17.1 Å². The molecule has 0 radical (unpaired) electrons. The fourth-order valence-corrected chi connectivity index (χ4v) is 5.85. The minimum absolute atomic E-state index is 0.00886. The van der Waals surface area contributed by atoms with Crippen LogP contribution in [-0.4, -0.2) is 36.7 Å². The smallest absolute Gasteiger partial charge is 0.229 e. The van der Waals surface area contributed by atoms with E-state index in [-0.39, 0.29) is 35.9 Å². The zero-order chi connectivity index (χ0) is 24.8. The molecule has 0 saturated carbocycles. The lowest BCUT2D eigenvalue weighted by Gasteiger charge is -2.20. The van der Waals surface area contributed by atoms with Gasteiger partial charge in [-0.3, -0.25) is 14.7 Å². The Hall–Kier alpha value is -3.37. The highest BCUT2D eigenvalue weighted by Gasteiger charge is 2.23. The number of carbonyl (C=O) groups excluding carboxylic acids is 1. The molecule has 2 heterocycles. The number of hydrogen-bond acceptors (Lipinski definition) is 7. The van der Waals surface area contributed by atoms with Crippen molar-refractivity contribution in [3.8, 4) is 5.75 Å². The topological polar surface area (TPSA) is 89.5 Å². The number of benzene rings is 2. The van der Waals surface area contributed by atoms with Gasteiger partial charge in [0, 0.05) is 18.8 Å². The van der Waals surface area contributed by atoms with Gasteiger partial charge in [-0.15, -0.1) is 0 Å². The van der Waals surface area contributed by atoms with Crippen LogP contribution in [0.15, 0.2) is 71.9 Å². The maximum atomic E-state index is 13.3. The standard InChI is InChI=1S/C25H24FN3O4S2/c1-2-33-21-7-3-8-22-24(21)28-25(34-22)29(17-18-6-4-14-27-16-18)23(30)9-5-15-35(31,32)20-12-10-19(26)11-13-20/h3-4,6-8,10-14,16H,2,5,9,15,17H2,1H3. The third-order valence-corrected chi connectivity index (χ3v) is 8.10. The van der Waals surface area contributed by atoms with E-state index in [1.165, 1.54) is 23.5 Å². The third kappa shape index (κ3) is 6.01. The van der Waals surface area contributed by atoms with Crippen molar-refractivity contribution in [2.45, 2.75) is 31.2 Å². The Labute approximate surface area is 207 Å². The molecule has 10 heteroatoms. The molecule has 0 aliphatic heterocycles. The summed E-state index contributed by atoms with van der Waals surface area (Å²) in [6.45, 7) is 2.64. The number of nitrogens with zero attached hydrogens (tertiary/aromatic N) is 3. The zero-order valence-electron chi connectivity index (χ0n) is 19.1. The van der Waals surface area contributed by atoms with Crippen LogP contribution in [-0.2, 0) is 21.2 Å². The number of pyridine rings is 1. The van der Waals surface area contributed by atoms with Crippen LogP contribution in [0, 0.1) is 5.82 Å². The Balaban J connectivity index is 1.55. The molecule has 0 spiro atoms. The molecule has 4 rings (SSSR count). The van der Waals surface area contributed by atoms with Crippen molar-refractivity contribution < 1.29 is 22.3 Å². The monoisotopic (exact) mass is 513 g/mol. The molecule has 0 unspecified atom stereocenters. The predicted molar refractivity (Wildman–Crippen MR) is 134 cm³/mol. The first kappa shape index (κ1) is 24.7. The molecule has 182 valence electrons. The molecule has 1 amide bonds. The second kappa shape index (κ2) is 10.9. The molecule has 7 nitrogen and oxygen atoms in total. The van der Waals surface area contributed by atoms with Gasteiger partial charge in [-0.2, -0.15) is 0 Å². The second-order valence-electron chi connectivity index (χ2n) is 7.75. The largest absolute Gasteiger partial charge is 0.492 e. The number of halogens is 1. The molecule has 2 aromatic carbocycles. The van der Waals surface area contributed by atoms with Gasteiger partial charge in [0.05, 0.1) is 28.5 Å². The van der Waals surface area contributed by atoms with Crippen molar-refractivity contribution in [3.05, 3.63) is 78.4 Å². The Morgan fingerprint density at radius 1 is 1.11 bits per heavy atom. The van der Waals surface area contributed by atoms with Crippen LogP contribution in [0.2, 0.25) is 0 Å². The molecule has 4 aromatic rings. The van der Waals surface area contributed by atoms with E-state index in [9.17, 15) is 17.6 Å². The van der Waals surface area contributed by atoms with Crippen molar-refractivity contribution >= 4 is 42.4 Å². The van der Waals surface area contributed by atoms with Crippen LogP contribution in [0.1, 0.15) is 25.3 Å². The molecule has 0 saturated heterocycles. The maximum absolute atomic E-state index is 13.3. The minimum atomic E-state index is -3.63. The molecule has 0 aliphatic rings. The molecular weight excluding hydrogens is 489 g/mol. The van der Waals surface area contributed by atoms with Crippen LogP contribution in [0.25, 0.3) is 10.2 Å². The van der Waals surface area contributed by atoms with E-state index in [4.69, 9.17) is 4.74 Å². The van der Waals surface area contributed by atoms with E-state index in [2.05, 4.69) is 9.97 Å². The van der Waals surface area contributed by atoms with Gasteiger partial charge in [-0.05, 0) is 61.4 Å². The Bertz CT molecular complexity index is 1410. The van der Waals surface area contributed by atoms with Crippen LogP contribution >= 0.6 is 11.3 Å². The van der Waals surface area contributed by atoms with Crippen LogP contribution < -0.4 is 9.64 Å². The molecule has 0 N–H and O–H groups in total. The van der Waals surface area contributed by atoms with Crippen LogP contribution in [0.5, 0.6) is 5.75 Å². The van der Waals surface area contributed by atoms with Crippen molar-refractivity contribution in [3.63, 3.8) is 0 Å². The number of amides is 1. The normalized spacial score (nSPS) is 11.5. The highest BCUT2D eigenvalue weighted by atomic mass is 32.2. The van der Waals surface area contributed by atoms with Gasteiger partial charge in [0.2, 0.25) is 5.91 Å². The lowest BCUT2D eigenvalue weighted by molar-refractivity contribution is -0.118. The summed E-state index contributed by atoms with van der Waals surface area (Å²) in [6.07, 6.45) is 3.46. The average Bonchev–Trinajstić information content (AvgIpc) is 3.28. The fourth-order valence-electron chi connectivity index (χ4n) is 3.54. The fraction of sp³-hybridized carbons (Fsp3) is 0.240. The summed E-state index contributed by atoms with van der Waals surface area (Å²) in [5.74, 6) is -0.334.